The Balaban J connectivity index is 1.64. The van der Waals surface area contributed by atoms with Crippen LogP contribution in [0.3, 0.4) is 0 Å². The predicted molar refractivity (Wildman–Crippen MR) is 83.9 cm³/mol. The quantitative estimate of drug-likeness (QED) is 0.915. The molecule has 0 aromatic heterocycles. The van der Waals surface area contributed by atoms with Crippen molar-refractivity contribution in [1.82, 2.24) is 0 Å². The van der Waals surface area contributed by atoms with Gasteiger partial charge in [0.15, 0.2) is 6.10 Å². The van der Waals surface area contributed by atoms with Crippen molar-refractivity contribution in [3.05, 3.63) is 54.1 Å². The summed E-state index contributed by atoms with van der Waals surface area (Å²) in [6, 6.07) is 14.6. The summed E-state index contributed by atoms with van der Waals surface area (Å²) >= 11 is 0. The van der Waals surface area contributed by atoms with Crippen molar-refractivity contribution < 1.29 is 14.3 Å². The lowest BCUT2D eigenvalue weighted by Gasteiger charge is -2.25. The van der Waals surface area contributed by atoms with Crippen molar-refractivity contribution in [2.45, 2.75) is 19.4 Å². The van der Waals surface area contributed by atoms with E-state index in [2.05, 4.69) is 10.6 Å². The molecule has 5 heteroatoms. The van der Waals surface area contributed by atoms with Gasteiger partial charge < -0.3 is 15.4 Å². The molecule has 0 saturated carbocycles. The first kappa shape index (κ1) is 14.1. The van der Waals surface area contributed by atoms with Crippen LogP contribution in [0.4, 0.5) is 11.4 Å². The van der Waals surface area contributed by atoms with Gasteiger partial charge in [0, 0.05) is 5.69 Å². The highest BCUT2D eigenvalue weighted by atomic mass is 16.5. The summed E-state index contributed by atoms with van der Waals surface area (Å²) in [6.07, 6.45) is -0.853. The molecule has 0 radical (unpaired) electrons. The molecule has 1 unspecified atom stereocenters. The summed E-state index contributed by atoms with van der Waals surface area (Å²) in [4.78, 5) is 24.0. The third-order valence-electron chi connectivity index (χ3n) is 3.41. The van der Waals surface area contributed by atoms with Gasteiger partial charge >= 0.3 is 0 Å². The van der Waals surface area contributed by atoms with E-state index in [9.17, 15) is 9.59 Å². The van der Waals surface area contributed by atoms with Crippen LogP contribution in [0.2, 0.25) is 0 Å². The van der Waals surface area contributed by atoms with E-state index >= 15 is 0 Å². The first-order valence-corrected chi connectivity index (χ1v) is 7.05. The Hall–Kier alpha value is -2.82. The van der Waals surface area contributed by atoms with E-state index in [1.54, 1.807) is 12.1 Å². The minimum absolute atomic E-state index is 0.0337. The average molecular weight is 296 g/mol. The van der Waals surface area contributed by atoms with Gasteiger partial charge in [0.05, 0.1) is 12.1 Å². The number of hydrogen-bond acceptors (Lipinski definition) is 3. The Morgan fingerprint density at radius 2 is 1.91 bits per heavy atom. The maximum Gasteiger partial charge on any atom is 0.266 e. The molecule has 0 saturated heterocycles. The van der Waals surface area contributed by atoms with Crippen molar-refractivity contribution in [3.63, 3.8) is 0 Å². The first-order chi connectivity index (χ1) is 10.6. The molecule has 2 amide bonds. The molecule has 1 atom stereocenters. The zero-order valence-electron chi connectivity index (χ0n) is 12.1. The highest BCUT2D eigenvalue weighted by Crippen LogP contribution is 2.29. The highest BCUT2D eigenvalue weighted by Gasteiger charge is 2.29. The fourth-order valence-electron chi connectivity index (χ4n) is 2.24. The summed E-state index contributed by atoms with van der Waals surface area (Å²) in [5.41, 5.74) is 2.44. The molecule has 1 aliphatic rings. The number of amides is 2. The van der Waals surface area contributed by atoms with Crippen molar-refractivity contribution >= 4 is 23.2 Å². The van der Waals surface area contributed by atoms with E-state index in [-0.39, 0.29) is 18.2 Å². The number of hydrogen-bond donors (Lipinski definition) is 2. The smallest absolute Gasteiger partial charge is 0.266 e. The number of nitrogens with one attached hydrogen (secondary N) is 2. The number of carbonyl (C=O) groups excluding carboxylic acids is 2. The van der Waals surface area contributed by atoms with Gasteiger partial charge in [0.2, 0.25) is 5.91 Å². The van der Waals surface area contributed by atoms with Gasteiger partial charge in [-0.25, -0.2) is 0 Å². The summed E-state index contributed by atoms with van der Waals surface area (Å²) in [5.74, 6) is 0.0105. The van der Waals surface area contributed by atoms with Crippen molar-refractivity contribution in [2.24, 2.45) is 0 Å². The predicted octanol–water partition coefficient (Wildman–Crippen LogP) is 2.72. The molecule has 0 aliphatic carbocycles. The van der Waals surface area contributed by atoms with Gasteiger partial charge in [-0.1, -0.05) is 29.8 Å². The van der Waals surface area contributed by atoms with Gasteiger partial charge in [-0.15, -0.1) is 0 Å². The van der Waals surface area contributed by atoms with E-state index in [0.717, 1.165) is 5.56 Å². The second-order valence-corrected chi connectivity index (χ2v) is 5.21. The summed E-state index contributed by atoms with van der Waals surface area (Å²) in [5, 5.41) is 5.50. The summed E-state index contributed by atoms with van der Waals surface area (Å²) in [7, 11) is 0. The first-order valence-electron chi connectivity index (χ1n) is 7.05. The van der Waals surface area contributed by atoms with E-state index in [1.807, 2.05) is 43.3 Å². The number of fused-ring (bicyclic) bond motifs is 1. The number of carbonyl (C=O) groups is 2. The zero-order chi connectivity index (χ0) is 15.5. The largest absolute Gasteiger partial charge is 0.478 e. The fraction of sp³-hybridized carbons (Fsp3) is 0.176. The topological polar surface area (TPSA) is 67.4 Å². The Labute approximate surface area is 128 Å². The molecule has 5 nitrogen and oxygen atoms in total. The minimum Gasteiger partial charge on any atom is -0.478 e. The molecule has 1 heterocycles. The molecule has 0 bridgehead atoms. The average Bonchev–Trinajstić information content (AvgIpc) is 2.50. The third-order valence-corrected chi connectivity index (χ3v) is 3.41. The van der Waals surface area contributed by atoms with Gasteiger partial charge in [-0.2, -0.15) is 0 Å². The molecule has 1 aliphatic heterocycles. The van der Waals surface area contributed by atoms with Gasteiger partial charge in [0.1, 0.15) is 5.75 Å². The Kier molecular flexibility index (Phi) is 3.78. The van der Waals surface area contributed by atoms with Crippen LogP contribution in [0.1, 0.15) is 12.0 Å². The molecule has 0 fully saturated rings. The maximum absolute atomic E-state index is 12.1. The van der Waals surface area contributed by atoms with Crippen LogP contribution >= 0.6 is 0 Å². The number of anilines is 2. The molecule has 2 aromatic carbocycles. The van der Waals surface area contributed by atoms with Crippen molar-refractivity contribution in [2.75, 3.05) is 10.6 Å². The van der Waals surface area contributed by atoms with Crippen molar-refractivity contribution in [3.8, 4) is 5.75 Å². The Morgan fingerprint density at radius 3 is 2.68 bits per heavy atom. The number of benzene rings is 2. The van der Waals surface area contributed by atoms with Crippen LogP contribution < -0.4 is 15.4 Å². The van der Waals surface area contributed by atoms with E-state index in [4.69, 9.17) is 4.74 Å². The number of ether oxygens (including phenoxy) is 1. The summed E-state index contributed by atoms with van der Waals surface area (Å²) < 4.78 is 5.60. The minimum atomic E-state index is -0.819. The van der Waals surface area contributed by atoms with Crippen LogP contribution in [0.15, 0.2) is 48.5 Å². The monoisotopic (exact) mass is 296 g/mol. The van der Waals surface area contributed by atoms with E-state index in [0.29, 0.717) is 17.1 Å². The highest BCUT2D eigenvalue weighted by molar-refractivity contribution is 6.01. The van der Waals surface area contributed by atoms with Gasteiger partial charge in [-0.05, 0) is 31.2 Å². The second kappa shape index (κ2) is 5.89. The summed E-state index contributed by atoms with van der Waals surface area (Å²) in [6.45, 7) is 1.98. The SMILES string of the molecule is Cc1ccc(NC(=O)CC2Oc3ccccc3NC2=O)cc1. The zero-order valence-corrected chi connectivity index (χ0v) is 12.1. The molecule has 0 spiro atoms. The van der Waals surface area contributed by atoms with Gasteiger partial charge in [0.25, 0.3) is 5.91 Å². The van der Waals surface area contributed by atoms with E-state index < -0.39 is 6.10 Å². The lowest BCUT2D eigenvalue weighted by atomic mass is 10.1. The van der Waals surface area contributed by atoms with Crippen LogP contribution in [0.25, 0.3) is 0 Å². The maximum atomic E-state index is 12.1. The number of para-hydroxylation sites is 2. The normalized spacial score (nSPS) is 16.2. The molecule has 2 aromatic rings. The number of aryl methyl sites for hydroxylation is 1. The second-order valence-electron chi connectivity index (χ2n) is 5.21. The fourth-order valence-corrected chi connectivity index (χ4v) is 2.24. The molecule has 112 valence electrons. The van der Waals surface area contributed by atoms with Crippen LogP contribution in [0, 0.1) is 6.92 Å². The molecule has 2 N–H and O–H groups in total. The Morgan fingerprint density at radius 1 is 1.18 bits per heavy atom. The molecular formula is C17H16N2O3. The number of rotatable bonds is 3. The van der Waals surface area contributed by atoms with Crippen LogP contribution in [-0.2, 0) is 9.59 Å². The standard InChI is InChI=1S/C17H16N2O3/c1-11-6-8-12(9-7-11)18-16(20)10-15-17(21)19-13-4-2-3-5-14(13)22-15/h2-9,15H,10H2,1H3,(H,18,20)(H,19,21). The molecular weight excluding hydrogens is 280 g/mol. The van der Waals surface area contributed by atoms with E-state index in [1.165, 1.54) is 0 Å². The lowest BCUT2D eigenvalue weighted by Crippen LogP contribution is -2.39. The third kappa shape index (κ3) is 3.09. The van der Waals surface area contributed by atoms with Crippen LogP contribution in [-0.4, -0.2) is 17.9 Å². The van der Waals surface area contributed by atoms with Crippen LogP contribution in [0.5, 0.6) is 5.75 Å². The molecule has 22 heavy (non-hydrogen) atoms. The Bertz CT molecular complexity index is 710. The van der Waals surface area contributed by atoms with Gasteiger partial charge in [-0.3, -0.25) is 9.59 Å². The van der Waals surface area contributed by atoms with Crippen molar-refractivity contribution in [1.29, 1.82) is 0 Å². The lowest BCUT2D eigenvalue weighted by molar-refractivity contribution is -0.128. The molecule has 3 rings (SSSR count).